The molecule has 0 unspecified atom stereocenters. The van der Waals surface area contributed by atoms with E-state index in [0.29, 0.717) is 0 Å². The molecule has 120 valence electrons. The van der Waals surface area contributed by atoms with Gasteiger partial charge in [0.15, 0.2) is 5.13 Å². The summed E-state index contributed by atoms with van der Waals surface area (Å²) in [6.45, 7) is 17.7. The van der Waals surface area contributed by atoms with Gasteiger partial charge in [-0.15, -0.1) is 11.3 Å². The molecule has 2 heterocycles. The van der Waals surface area contributed by atoms with Crippen molar-refractivity contribution in [1.82, 2.24) is 15.2 Å². The van der Waals surface area contributed by atoms with E-state index in [2.05, 4.69) is 49.7 Å². The number of aryl methyl sites for hydroxylation is 1. The molecule has 1 fully saturated rings. The Kier molecular flexibility index (Phi) is 5.63. The Bertz CT molecular complexity index is 442. The normalized spacial score (nSPS) is 17.5. The zero-order valence-electron chi connectivity index (χ0n) is 14.2. The van der Waals surface area contributed by atoms with Gasteiger partial charge in [-0.25, -0.2) is 4.98 Å². The molecular weight excluding hydrogens is 280 g/mol. The van der Waals surface area contributed by atoms with Crippen LogP contribution in [0.5, 0.6) is 0 Å². The molecule has 1 aliphatic heterocycles. The third-order valence-electron chi connectivity index (χ3n) is 4.14. The fraction of sp³-hybridized carbons (Fsp3) is 0.812. The van der Waals surface area contributed by atoms with Gasteiger partial charge in [-0.3, -0.25) is 4.90 Å². The van der Waals surface area contributed by atoms with Crippen LogP contribution in [-0.4, -0.2) is 48.1 Å². The summed E-state index contributed by atoms with van der Waals surface area (Å²) in [6, 6.07) is 0. The first-order chi connectivity index (χ1) is 9.95. The summed E-state index contributed by atoms with van der Waals surface area (Å²) in [6.07, 6.45) is 1.03. The van der Waals surface area contributed by atoms with Crippen molar-refractivity contribution in [2.75, 3.05) is 37.6 Å². The lowest BCUT2D eigenvalue weighted by Crippen LogP contribution is -2.53. The van der Waals surface area contributed by atoms with Crippen LogP contribution in [0.3, 0.4) is 0 Å². The molecule has 21 heavy (non-hydrogen) atoms. The molecule has 0 radical (unpaired) electrons. The van der Waals surface area contributed by atoms with E-state index in [4.69, 9.17) is 4.98 Å². The zero-order valence-corrected chi connectivity index (χ0v) is 15.0. The van der Waals surface area contributed by atoms with Crippen molar-refractivity contribution < 1.29 is 0 Å². The Hall–Kier alpha value is -0.650. The minimum absolute atomic E-state index is 0.278. The number of rotatable bonds is 5. The standard InChI is InChI=1S/C16H30N4S/c1-6-13-14(12-17-7-2)21-15(18-13)19-8-10-20(11-9-19)16(3,4)5/h17H,6-12H2,1-5H3. The minimum atomic E-state index is 0.278. The van der Waals surface area contributed by atoms with E-state index in [1.54, 1.807) is 0 Å². The third kappa shape index (κ3) is 4.18. The third-order valence-corrected chi connectivity index (χ3v) is 5.29. The highest BCUT2D eigenvalue weighted by molar-refractivity contribution is 7.15. The van der Waals surface area contributed by atoms with E-state index in [9.17, 15) is 0 Å². The lowest BCUT2D eigenvalue weighted by molar-refractivity contribution is 0.128. The van der Waals surface area contributed by atoms with Crippen LogP contribution in [0.4, 0.5) is 5.13 Å². The number of nitrogens with zero attached hydrogens (tertiary/aromatic N) is 3. The molecule has 0 atom stereocenters. The molecule has 0 aromatic carbocycles. The average molecular weight is 311 g/mol. The van der Waals surface area contributed by atoms with Crippen LogP contribution >= 0.6 is 11.3 Å². The number of aromatic nitrogens is 1. The lowest BCUT2D eigenvalue weighted by atomic mass is 10.1. The fourth-order valence-corrected chi connectivity index (χ4v) is 3.90. The Morgan fingerprint density at radius 2 is 1.81 bits per heavy atom. The van der Waals surface area contributed by atoms with E-state index < -0.39 is 0 Å². The topological polar surface area (TPSA) is 31.4 Å². The van der Waals surface area contributed by atoms with Crippen LogP contribution in [-0.2, 0) is 13.0 Å². The smallest absolute Gasteiger partial charge is 0.185 e. The van der Waals surface area contributed by atoms with Crippen LogP contribution in [0.25, 0.3) is 0 Å². The van der Waals surface area contributed by atoms with E-state index in [1.807, 2.05) is 11.3 Å². The predicted octanol–water partition coefficient (Wildman–Crippen LogP) is 2.74. The maximum Gasteiger partial charge on any atom is 0.185 e. The van der Waals surface area contributed by atoms with Gasteiger partial charge in [-0.05, 0) is 33.7 Å². The first-order valence-electron chi connectivity index (χ1n) is 8.15. The minimum Gasteiger partial charge on any atom is -0.346 e. The summed E-state index contributed by atoms with van der Waals surface area (Å²) < 4.78 is 0. The Balaban J connectivity index is 2.01. The number of piperazine rings is 1. The van der Waals surface area contributed by atoms with Gasteiger partial charge in [0.05, 0.1) is 5.69 Å². The summed E-state index contributed by atoms with van der Waals surface area (Å²) in [7, 11) is 0. The van der Waals surface area contributed by atoms with Crippen LogP contribution < -0.4 is 10.2 Å². The number of thiazole rings is 1. The van der Waals surface area contributed by atoms with Crippen molar-refractivity contribution >= 4 is 16.5 Å². The fourth-order valence-electron chi connectivity index (χ4n) is 2.73. The van der Waals surface area contributed by atoms with Gasteiger partial charge in [0.1, 0.15) is 0 Å². The Morgan fingerprint density at radius 3 is 2.33 bits per heavy atom. The molecule has 0 bridgehead atoms. The highest BCUT2D eigenvalue weighted by Crippen LogP contribution is 2.28. The van der Waals surface area contributed by atoms with Crippen LogP contribution in [0.1, 0.15) is 45.2 Å². The molecular formula is C16H30N4S. The van der Waals surface area contributed by atoms with Gasteiger partial charge in [0, 0.05) is 43.1 Å². The van der Waals surface area contributed by atoms with E-state index in [-0.39, 0.29) is 5.54 Å². The van der Waals surface area contributed by atoms with Crippen LogP contribution in [0.15, 0.2) is 0 Å². The largest absolute Gasteiger partial charge is 0.346 e. The van der Waals surface area contributed by atoms with Gasteiger partial charge in [-0.2, -0.15) is 0 Å². The number of hydrogen-bond acceptors (Lipinski definition) is 5. The van der Waals surface area contributed by atoms with Gasteiger partial charge < -0.3 is 10.2 Å². The van der Waals surface area contributed by atoms with Crippen molar-refractivity contribution in [2.24, 2.45) is 0 Å². The molecule has 4 nitrogen and oxygen atoms in total. The second-order valence-electron chi connectivity index (χ2n) is 6.65. The van der Waals surface area contributed by atoms with Crippen molar-refractivity contribution in [3.63, 3.8) is 0 Å². The SMILES string of the molecule is CCNCc1sc(N2CCN(C(C)(C)C)CC2)nc1CC. The summed E-state index contributed by atoms with van der Waals surface area (Å²) in [4.78, 5) is 11.3. The number of anilines is 1. The monoisotopic (exact) mass is 310 g/mol. The second-order valence-corrected chi connectivity index (χ2v) is 7.71. The number of hydrogen-bond donors (Lipinski definition) is 1. The maximum atomic E-state index is 4.88. The molecule has 1 saturated heterocycles. The molecule has 0 saturated carbocycles. The maximum absolute atomic E-state index is 4.88. The average Bonchev–Trinajstić information content (AvgIpc) is 2.87. The van der Waals surface area contributed by atoms with Crippen LogP contribution in [0.2, 0.25) is 0 Å². The Morgan fingerprint density at radius 1 is 1.14 bits per heavy atom. The molecule has 0 aliphatic carbocycles. The van der Waals surface area contributed by atoms with E-state index >= 15 is 0 Å². The quantitative estimate of drug-likeness (QED) is 0.906. The van der Waals surface area contributed by atoms with Crippen molar-refractivity contribution in [3.8, 4) is 0 Å². The highest BCUT2D eigenvalue weighted by atomic mass is 32.1. The van der Waals surface area contributed by atoms with Crippen molar-refractivity contribution in [1.29, 1.82) is 0 Å². The Labute approximate surface area is 133 Å². The number of nitrogens with one attached hydrogen (secondary N) is 1. The first kappa shape index (κ1) is 16.7. The van der Waals surface area contributed by atoms with Gasteiger partial charge in [0.2, 0.25) is 0 Å². The lowest BCUT2D eigenvalue weighted by Gasteiger charge is -2.42. The van der Waals surface area contributed by atoms with Crippen LogP contribution in [0, 0.1) is 0 Å². The summed E-state index contributed by atoms with van der Waals surface area (Å²) in [5.74, 6) is 0. The van der Waals surface area contributed by atoms with Gasteiger partial charge in [-0.1, -0.05) is 13.8 Å². The summed E-state index contributed by atoms with van der Waals surface area (Å²) >= 11 is 1.87. The van der Waals surface area contributed by atoms with Crippen molar-refractivity contribution in [2.45, 2.75) is 53.1 Å². The first-order valence-corrected chi connectivity index (χ1v) is 8.96. The van der Waals surface area contributed by atoms with Gasteiger partial charge >= 0.3 is 0 Å². The summed E-state index contributed by atoms with van der Waals surface area (Å²) in [5, 5.41) is 4.64. The molecule has 1 aromatic rings. The molecule has 2 rings (SSSR count). The predicted molar refractivity (Wildman–Crippen MR) is 92.4 cm³/mol. The molecule has 1 aliphatic rings. The molecule has 1 aromatic heterocycles. The van der Waals surface area contributed by atoms with E-state index in [1.165, 1.54) is 15.7 Å². The molecule has 0 amide bonds. The second kappa shape index (κ2) is 7.07. The molecule has 0 spiro atoms. The van der Waals surface area contributed by atoms with Gasteiger partial charge in [0.25, 0.3) is 0 Å². The van der Waals surface area contributed by atoms with Crippen molar-refractivity contribution in [3.05, 3.63) is 10.6 Å². The summed E-state index contributed by atoms with van der Waals surface area (Å²) in [5.41, 5.74) is 1.55. The molecule has 5 heteroatoms. The highest BCUT2D eigenvalue weighted by Gasteiger charge is 2.27. The van der Waals surface area contributed by atoms with E-state index in [0.717, 1.165) is 45.7 Å². The molecule has 1 N–H and O–H groups in total. The zero-order chi connectivity index (χ0) is 15.5.